The fourth-order valence-corrected chi connectivity index (χ4v) is 0.859. The highest BCUT2D eigenvalue weighted by molar-refractivity contribution is 5.87. The molecule has 0 aliphatic rings. The maximum absolute atomic E-state index is 11.1. The van der Waals surface area contributed by atoms with E-state index < -0.39 is 0 Å². The van der Waals surface area contributed by atoms with Crippen LogP contribution in [0.25, 0.3) is 0 Å². The standard InChI is InChI=1S/C10H18O4/c1-5-9(10(11)12-4)7-14-8(3)13-6-2/h7-8H,5-6H2,1-4H3. The Morgan fingerprint density at radius 1 is 1.43 bits per heavy atom. The lowest BCUT2D eigenvalue weighted by Crippen LogP contribution is -2.11. The van der Waals surface area contributed by atoms with Gasteiger partial charge < -0.3 is 14.2 Å². The van der Waals surface area contributed by atoms with Gasteiger partial charge in [0.05, 0.1) is 18.9 Å². The van der Waals surface area contributed by atoms with E-state index in [4.69, 9.17) is 9.47 Å². The summed E-state index contributed by atoms with van der Waals surface area (Å²) in [7, 11) is 1.35. The van der Waals surface area contributed by atoms with Crippen LogP contribution in [0.4, 0.5) is 0 Å². The average molecular weight is 202 g/mol. The summed E-state index contributed by atoms with van der Waals surface area (Å²) >= 11 is 0. The number of methoxy groups -OCH3 is 1. The van der Waals surface area contributed by atoms with E-state index in [1.807, 2.05) is 13.8 Å². The third-order valence-electron chi connectivity index (χ3n) is 1.63. The third kappa shape index (κ3) is 4.87. The molecule has 0 rings (SSSR count). The summed E-state index contributed by atoms with van der Waals surface area (Å²) in [6, 6.07) is 0. The van der Waals surface area contributed by atoms with Gasteiger partial charge in [-0.05, 0) is 20.3 Å². The molecule has 0 saturated carbocycles. The van der Waals surface area contributed by atoms with Crippen LogP contribution in [0.15, 0.2) is 11.8 Å². The maximum atomic E-state index is 11.1. The molecule has 0 amide bonds. The van der Waals surface area contributed by atoms with Crippen LogP contribution in [0.5, 0.6) is 0 Å². The van der Waals surface area contributed by atoms with Crippen LogP contribution in [0.2, 0.25) is 0 Å². The van der Waals surface area contributed by atoms with Crippen LogP contribution in [-0.2, 0) is 19.0 Å². The summed E-state index contributed by atoms with van der Waals surface area (Å²) in [4.78, 5) is 11.1. The number of carbonyl (C=O) groups excluding carboxylic acids is 1. The van der Waals surface area contributed by atoms with Crippen LogP contribution in [-0.4, -0.2) is 26.0 Å². The lowest BCUT2D eigenvalue weighted by Gasteiger charge is -2.11. The SMILES string of the molecule is CCOC(C)OC=C(CC)C(=O)OC. The largest absolute Gasteiger partial charge is 0.472 e. The summed E-state index contributed by atoms with van der Waals surface area (Å²) in [5.74, 6) is -0.365. The normalized spacial score (nSPS) is 13.6. The number of rotatable bonds is 6. The van der Waals surface area contributed by atoms with Gasteiger partial charge in [-0.2, -0.15) is 0 Å². The minimum absolute atomic E-state index is 0.341. The van der Waals surface area contributed by atoms with Crippen LogP contribution in [0.1, 0.15) is 27.2 Å². The average Bonchev–Trinajstić information content (AvgIpc) is 2.18. The van der Waals surface area contributed by atoms with Crippen molar-refractivity contribution in [2.75, 3.05) is 13.7 Å². The minimum atomic E-state index is -0.365. The number of esters is 1. The van der Waals surface area contributed by atoms with E-state index in [0.29, 0.717) is 18.6 Å². The fraction of sp³-hybridized carbons (Fsp3) is 0.700. The molecule has 0 aliphatic carbocycles. The topological polar surface area (TPSA) is 44.8 Å². The van der Waals surface area contributed by atoms with Crippen LogP contribution >= 0.6 is 0 Å². The van der Waals surface area contributed by atoms with Gasteiger partial charge in [-0.15, -0.1) is 0 Å². The Hall–Kier alpha value is -1.03. The lowest BCUT2D eigenvalue weighted by atomic mass is 10.2. The first-order valence-electron chi connectivity index (χ1n) is 4.70. The number of carbonyl (C=O) groups is 1. The lowest BCUT2D eigenvalue weighted by molar-refractivity contribution is -0.136. The van der Waals surface area contributed by atoms with E-state index in [1.54, 1.807) is 6.92 Å². The van der Waals surface area contributed by atoms with Gasteiger partial charge in [0.15, 0.2) is 6.29 Å². The summed E-state index contributed by atoms with van der Waals surface area (Å²) in [5, 5.41) is 0. The number of hydrogen-bond acceptors (Lipinski definition) is 4. The molecule has 14 heavy (non-hydrogen) atoms. The van der Waals surface area contributed by atoms with Crippen molar-refractivity contribution < 1.29 is 19.0 Å². The molecule has 1 unspecified atom stereocenters. The molecule has 0 N–H and O–H groups in total. The first kappa shape index (κ1) is 13.0. The molecule has 0 heterocycles. The summed E-state index contributed by atoms with van der Waals surface area (Å²) in [6.07, 6.45) is 1.63. The Morgan fingerprint density at radius 2 is 2.07 bits per heavy atom. The molecule has 4 nitrogen and oxygen atoms in total. The van der Waals surface area contributed by atoms with Crippen molar-refractivity contribution in [2.24, 2.45) is 0 Å². The molecule has 0 radical (unpaired) electrons. The van der Waals surface area contributed by atoms with E-state index in [2.05, 4.69) is 4.74 Å². The van der Waals surface area contributed by atoms with Gasteiger partial charge in [0, 0.05) is 6.61 Å². The first-order valence-corrected chi connectivity index (χ1v) is 4.70. The molecule has 82 valence electrons. The molecule has 4 heteroatoms. The van der Waals surface area contributed by atoms with Gasteiger partial charge in [-0.1, -0.05) is 6.92 Å². The quantitative estimate of drug-likeness (QED) is 0.285. The molecule has 0 spiro atoms. The molecule has 0 bridgehead atoms. The molecular formula is C10H18O4. The molecule has 1 atom stereocenters. The molecule has 0 aliphatic heterocycles. The van der Waals surface area contributed by atoms with Gasteiger partial charge in [0.25, 0.3) is 0 Å². The molecular weight excluding hydrogens is 184 g/mol. The molecule has 0 aromatic rings. The van der Waals surface area contributed by atoms with E-state index in [1.165, 1.54) is 13.4 Å². The van der Waals surface area contributed by atoms with Gasteiger partial charge >= 0.3 is 5.97 Å². The highest BCUT2D eigenvalue weighted by Crippen LogP contribution is 2.05. The van der Waals surface area contributed by atoms with Gasteiger partial charge in [0.1, 0.15) is 0 Å². The summed E-state index contributed by atoms with van der Waals surface area (Å²) in [5.41, 5.74) is 0.499. The van der Waals surface area contributed by atoms with Crippen molar-refractivity contribution in [3.05, 3.63) is 11.8 Å². The monoisotopic (exact) mass is 202 g/mol. The zero-order chi connectivity index (χ0) is 11.0. The minimum Gasteiger partial charge on any atom is -0.472 e. The van der Waals surface area contributed by atoms with Gasteiger partial charge in [-0.25, -0.2) is 4.79 Å². The van der Waals surface area contributed by atoms with Gasteiger partial charge in [0.2, 0.25) is 0 Å². The van der Waals surface area contributed by atoms with E-state index in [-0.39, 0.29) is 12.3 Å². The highest BCUT2D eigenvalue weighted by atomic mass is 16.7. The smallest absolute Gasteiger partial charge is 0.336 e. The second-order valence-electron chi connectivity index (χ2n) is 2.65. The Morgan fingerprint density at radius 3 is 2.50 bits per heavy atom. The zero-order valence-corrected chi connectivity index (χ0v) is 9.20. The Bertz CT molecular complexity index is 198. The van der Waals surface area contributed by atoms with Crippen molar-refractivity contribution in [3.63, 3.8) is 0 Å². The Labute approximate surface area is 84.8 Å². The molecule has 0 fully saturated rings. The molecule has 0 saturated heterocycles. The van der Waals surface area contributed by atoms with Crippen molar-refractivity contribution in [1.29, 1.82) is 0 Å². The zero-order valence-electron chi connectivity index (χ0n) is 9.20. The number of ether oxygens (including phenoxy) is 3. The fourth-order valence-electron chi connectivity index (χ4n) is 0.859. The summed E-state index contributed by atoms with van der Waals surface area (Å²) < 4.78 is 14.9. The second kappa shape index (κ2) is 7.38. The van der Waals surface area contributed by atoms with Crippen molar-refractivity contribution in [1.82, 2.24) is 0 Å². The second-order valence-corrected chi connectivity index (χ2v) is 2.65. The molecule has 0 aromatic carbocycles. The Balaban J connectivity index is 4.10. The van der Waals surface area contributed by atoms with E-state index in [9.17, 15) is 4.79 Å². The van der Waals surface area contributed by atoms with Crippen molar-refractivity contribution >= 4 is 5.97 Å². The highest BCUT2D eigenvalue weighted by Gasteiger charge is 2.08. The van der Waals surface area contributed by atoms with E-state index in [0.717, 1.165) is 0 Å². The van der Waals surface area contributed by atoms with Crippen LogP contribution in [0.3, 0.4) is 0 Å². The predicted octanol–water partition coefficient (Wildman–Crippen LogP) is 1.85. The van der Waals surface area contributed by atoms with Crippen LogP contribution in [0, 0.1) is 0 Å². The summed E-state index contributed by atoms with van der Waals surface area (Å²) in [6.45, 7) is 6.08. The predicted molar refractivity (Wildman–Crippen MR) is 52.6 cm³/mol. The maximum Gasteiger partial charge on any atom is 0.336 e. The van der Waals surface area contributed by atoms with Crippen LogP contribution < -0.4 is 0 Å². The molecule has 0 aromatic heterocycles. The van der Waals surface area contributed by atoms with Crippen molar-refractivity contribution in [2.45, 2.75) is 33.5 Å². The Kier molecular flexibility index (Phi) is 6.84. The first-order chi connectivity index (χ1) is 6.65. The van der Waals surface area contributed by atoms with Gasteiger partial charge in [-0.3, -0.25) is 0 Å². The van der Waals surface area contributed by atoms with Crippen molar-refractivity contribution in [3.8, 4) is 0 Å². The number of hydrogen-bond donors (Lipinski definition) is 0. The third-order valence-corrected chi connectivity index (χ3v) is 1.63. The van der Waals surface area contributed by atoms with E-state index >= 15 is 0 Å².